The van der Waals surface area contributed by atoms with Crippen LogP contribution in [0.2, 0.25) is 0 Å². The molecule has 0 saturated carbocycles. The lowest BCUT2D eigenvalue weighted by molar-refractivity contribution is 0.226. The maximum Gasteiger partial charge on any atom is 0.0824 e. The molecule has 0 aromatic heterocycles. The molecule has 1 rings (SSSR count). The Bertz CT molecular complexity index is 211. The number of hydrogen-bond acceptors (Lipinski definition) is 2. The van der Waals surface area contributed by atoms with Crippen LogP contribution in [0.25, 0.3) is 0 Å². The van der Waals surface area contributed by atoms with E-state index in [2.05, 4.69) is 24.2 Å². The van der Waals surface area contributed by atoms with Gasteiger partial charge in [-0.3, -0.25) is 4.99 Å². The normalized spacial score (nSPS) is 17.7. The molecule has 0 radical (unpaired) electrons. The Kier molecular flexibility index (Phi) is 8.11. The van der Waals surface area contributed by atoms with Crippen molar-refractivity contribution in [2.24, 2.45) is 10.4 Å². The zero-order valence-corrected chi connectivity index (χ0v) is 12.5. The summed E-state index contributed by atoms with van der Waals surface area (Å²) in [6, 6.07) is 0. The van der Waals surface area contributed by atoms with Gasteiger partial charge in [-0.25, -0.2) is 0 Å². The van der Waals surface area contributed by atoms with Gasteiger partial charge in [0.1, 0.15) is 0 Å². The number of nitrogens with zero attached hydrogens (tertiary/aromatic N) is 1. The van der Waals surface area contributed by atoms with E-state index in [1.54, 1.807) is 0 Å². The molecule has 0 aromatic rings. The number of unbranched alkanes of at least 4 members (excludes halogenated alkanes) is 6. The molecule has 106 valence electrons. The molecule has 2 heteroatoms. The summed E-state index contributed by atoms with van der Waals surface area (Å²) in [7, 11) is 0. The molecule has 1 aliphatic rings. The summed E-state index contributed by atoms with van der Waals surface area (Å²) in [4.78, 5) is 4.49. The highest BCUT2D eigenvalue weighted by Crippen LogP contribution is 2.32. The molecule has 0 spiro atoms. The lowest BCUT2D eigenvalue weighted by Crippen LogP contribution is -2.40. The summed E-state index contributed by atoms with van der Waals surface area (Å²) in [5.74, 6) is 0. The predicted octanol–water partition coefficient (Wildman–Crippen LogP) is 4.55. The Morgan fingerprint density at radius 3 is 2.00 bits per heavy atom. The van der Waals surface area contributed by atoms with Gasteiger partial charge in [0.15, 0.2) is 0 Å². The van der Waals surface area contributed by atoms with Gasteiger partial charge in [-0.1, -0.05) is 65.2 Å². The van der Waals surface area contributed by atoms with E-state index in [1.165, 1.54) is 64.2 Å². The molecule has 0 saturated heterocycles. The highest BCUT2D eigenvalue weighted by molar-refractivity contribution is 5.55. The largest absolute Gasteiger partial charge is 0.376 e. The van der Waals surface area contributed by atoms with E-state index >= 15 is 0 Å². The minimum atomic E-state index is 0.468. The van der Waals surface area contributed by atoms with Crippen molar-refractivity contribution in [3.05, 3.63) is 0 Å². The van der Waals surface area contributed by atoms with Crippen molar-refractivity contribution in [2.45, 2.75) is 78.1 Å². The molecule has 0 atom stereocenters. The fraction of sp³-hybridized carbons (Fsp3) is 0.938. The van der Waals surface area contributed by atoms with E-state index in [-0.39, 0.29) is 0 Å². The van der Waals surface area contributed by atoms with Crippen LogP contribution in [0.3, 0.4) is 0 Å². The molecular formula is C16H32N2. The van der Waals surface area contributed by atoms with Crippen molar-refractivity contribution in [2.75, 3.05) is 13.1 Å². The second-order valence-corrected chi connectivity index (χ2v) is 5.97. The fourth-order valence-corrected chi connectivity index (χ4v) is 2.94. The van der Waals surface area contributed by atoms with E-state index in [0.29, 0.717) is 5.41 Å². The van der Waals surface area contributed by atoms with Crippen LogP contribution in [0.1, 0.15) is 78.1 Å². The van der Waals surface area contributed by atoms with Crippen LogP contribution in [0.4, 0.5) is 0 Å². The van der Waals surface area contributed by atoms with Crippen LogP contribution in [0.5, 0.6) is 0 Å². The highest BCUT2D eigenvalue weighted by atomic mass is 15.0. The van der Waals surface area contributed by atoms with Crippen LogP contribution >= 0.6 is 0 Å². The van der Waals surface area contributed by atoms with Crippen LogP contribution in [-0.2, 0) is 0 Å². The quantitative estimate of drug-likeness (QED) is 0.567. The average molecular weight is 252 g/mol. The summed E-state index contributed by atoms with van der Waals surface area (Å²) in [5.41, 5.74) is 0.468. The van der Waals surface area contributed by atoms with Gasteiger partial charge in [0.2, 0.25) is 0 Å². The second kappa shape index (κ2) is 9.41. The third kappa shape index (κ3) is 5.88. The van der Waals surface area contributed by atoms with Crippen molar-refractivity contribution in [1.82, 2.24) is 5.32 Å². The van der Waals surface area contributed by atoms with Gasteiger partial charge in [0, 0.05) is 18.5 Å². The van der Waals surface area contributed by atoms with Gasteiger partial charge in [-0.15, -0.1) is 0 Å². The van der Waals surface area contributed by atoms with E-state index in [1.807, 2.05) is 6.34 Å². The molecule has 1 aliphatic heterocycles. The Labute approximate surface area is 114 Å². The van der Waals surface area contributed by atoms with Gasteiger partial charge in [0.05, 0.1) is 6.34 Å². The lowest BCUT2D eigenvalue weighted by atomic mass is 9.77. The third-order valence-corrected chi connectivity index (χ3v) is 4.21. The minimum absolute atomic E-state index is 0.468. The smallest absolute Gasteiger partial charge is 0.0824 e. The summed E-state index contributed by atoms with van der Waals surface area (Å²) in [5, 5.41) is 3.37. The summed E-state index contributed by atoms with van der Waals surface area (Å²) in [6.07, 6.45) is 15.7. The predicted molar refractivity (Wildman–Crippen MR) is 81.3 cm³/mol. The number of aliphatic imine (C=N–C) groups is 1. The van der Waals surface area contributed by atoms with Crippen LogP contribution in [-0.4, -0.2) is 19.4 Å². The molecule has 1 N–H and O–H groups in total. The molecule has 0 unspecified atom stereocenters. The monoisotopic (exact) mass is 252 g/mol. The minimum Gasteiger partial charge on any atom is -0.376 e. The first kappa shape index (κ1) is 15.5. The Morgan fingerprint density at radius 2 is 1.56 bits per heavy atom. The molecule has 2 nitrogen and oxygen atoms in total. The fourth-order valence-electron chi connectivity index (χ4n) is 2.94. The molecule has 0 bridgehead atoms. The molecule has 18 heavy (non-hydrogen) atoms. The SMILES string of the molecule is CCCCCCC1(CCCCCC)CN=CNC1. The average Bonchev–Trinajstić information content (AvgIpc) is 2.41. The topological polar surface area (TPSA) is 24.4 Å². The molecule has 0 aromatic carbocycles. The highest BCUT2D eigenvalue weighted by Gasteiger charge is 2.29. The third-order valence-electron chi connectivity index (χ3n) is 4.21. The van der Waals surface area contributed by atoms with Crippen LogP contribution in [0.15, 0.2) is 4.99 Å². The zero-order chi connectivity index (χ0) is 13.1. The van der Waals surface area contributed by atoms with E-state index in [4.69, 9.17) is 0 Å². The van der Waals surface area contributed by atoms with Crippen LogP contribution < -0.4 is 5.32 Å². The van der Waals surface area contributed by atoms with Gasteiger partial charge >= 0.3 is 0 Å². The summed E-state index contributed by atoms with van der Waals surface area (Å²) < 4.78 is 0. The van der Waals surface area contributed by atoms with Gasteiger partial charge in [-0.05, 0) is 12.8 Å². The van der Waals surface area contributed by atoms with E-state index in [9.17, 15) is 0 Å². The maximum atomic E-state index is 4.49. The second-order valence-electron chi connectivity index (χ2n) is 5.97. The number of nitrogens with one attached hydrogen (secondary N) is 1. The van der Waals surface area contributed by atoms with Gasteiger partial charge in [-0.2, -0.15) is 0 Å². The zero-order valence-electron chi connectivity index (χ0n) is 12.5. The Hall–Kier alpha value is -0.530. The number of hydrogen-bond donors (Lipinski definition) is 1. The van der Waals surface area contributed by atoms with Crippen molar-refractivity contribution in [3.8, 4) is 0 Å². The molecule has 0 aliphatic carbocycles. The molecular weight excluding hydrogens is 220 g/mol. The van der Waals surface area contributed by atoms with Crippen molar-refractivity contribution < 1.29 is 0 Å². The van der Waals surface area contributed by atoms with Crippen molar-refractivity contribution in [1.29, 1.82) is 0 Å². The van der Waals surface area contributed by atoms with E-state index < -0.39 is 0 Å². The van der Waals surface area contributed by atoms with Crippen LogP contribution in [0, 0.1) is 5.41 Å². The number of rotatable bonds is 10. The first-order valence-electron chi connectivity index (χ1n) is 8.05. The standard InChI is InChI=1S/C16H32N2/c1-3-5-7-9-11-16(12-10-8-6-4-2)13-17-15-18-14-16/h15H,3-14H2,1-2H3,(H,17,18). The molecule has 0 amide bonds. The van der Waals surface area contributed by atoms with Gasteiger partial charge < -0.3 is 5.32 Å². The maximum absolute atomic E-state index is 4.49. The van der Waals surface area contributed by atoms with Crippen molar-refractivity contribution >= 4 is 6.34 Å². The Balaban J connectivity index is 2.30. The lowest BCUT2D eigenvalue weighted by Gasteiger charge is -2.35. The first-order valence-corrected chi connectivity index (χ1v) is 8.05. The summed E-state index contributed by atoms with van der Waals surface area (Å²) >= 11 is 0. The molecule has 0 fully saturated rings. The van der Waals surface area contributed by atoms with Gasteiger partial charge in [0.25, 0.3) is 0 Å². The molecule has 1 heterocycles. The first-order chi connectivity index (χ1) is 8.83. The van der Waals surface area contributed by atoms with Crippen molar-refractivity contribution in [3.63, 3.8) is 0 Å². The summed E-state index contributed by atoms with van der Waals surface area (Å²) in [6.45, 7) is 6.77. The van der Waals surface area contributed by atoms with E-state index in [0.717, 1.165) is 13.1 Å². The Morgan fingerprint density at radius 1 is 0.944 bits per heavy atom.